The second-order valence-electron chi connectivity index (χ2n) is 9.34. The number of carbonyl (C=O) groups excluding carboxylic acids is 1. The van der Waals surface area contributed by atoms with Gasteiger partial charge in [0, 0.05) is 13.0 Å². The molecule has 0 aromatic heterocycles. The Morgan fingerprint density at radius 1 is 1.25 bits per heavy atom. The van der Waals surface area contributed by atoms with Crippen LogP contribution in [0.4, 0.5) is 0 Å². The lowest BCUT2D eigenvalue weighted by atomic mass is 9.78. The van der Waals surface area contributed by atoms with Gasteiger partial charge in [-0.15, -0.1) is 0 Å². The summed E-state index contributed by atoms with van der Waals surface area (Å²) < 4.78 is 30.3. The molecule has 3 unspecified atom stereocenters. The fraction of sp³-hybridized carbons (Fsp3) is 0.857. The molecular formula is C21H34O7. The Balaban J connectivity index is 1.93. The van der Waals surface area contributed by atoms with Crippen molar-refractivity contribution >= 4 is 5.97 Å². The normalized spacial score (nSPS) is 39.3. The van der Waals surface area contributed by atoms with E-state index in [1.807, 2.05) is 19.9 Å². The number of esters is 1. The Labute approximate surface area is 167 Å². The molecule has 1 spiro atoms. The molecule has 2 saturated heterocycles. The molecule has 3 rings (SSSR count). The molecule has 0 bridgehead atoms. The molecule has 160 valence electrons. The zero-order valence-corrected chi connectivity index (χ0v) is 17.8. The van der Waals surface area contributed by atoms with Crippen LogP contribution in [0.5, 0.6) is 0 Å². The lowest BCUT2D eigenvalue weighted by Crippen LogP contribution is -2.63. The molecule has 28 heavy (non-hydrogen) atoms. The van der Waals surface area contributed by atoms with Crippen molar-refractivity contribution in [3.8, 4) is 0 Å². The summed E-state index contributed by atoms with van der Waals surface area (Å²) in [7, 11) is 0. The SMILES string of the molecule is CCCCO[C@@H]1C2OC(C)(C)OC2OC12[C@H](O)C=CC[C@@H]2OC(=O)C(C)(C)C. The van der Waals surface area contributed by atoms with Crippen LogP contribution < -0.4 is 0 Å². The van der Waals surface area contributed by atoms with Crippen LogP contribution in [-0.2, 0) is 28.5 Å². The van der Waals surface area contributed by atoms with Crippen molar-refractivity contribution in [3.05, 3.63) is 12.2 Å². The third-order valence-electron chi connectivity index (χ3n) is 5.44. The van der Waals surface area contributed by atoms with Gasteiger partial charge in [-0.3, -0.25) is 4.79 Å². The van der Waals surface area contributed by atoms with Gasteiger partial charge in [0.2, 0.25) is 0 Å². The van der Waals surface area contributed by atoms with E-state index in [4.69, 9.17) is 23.7 Å². The number of unbranched alkanes of at least 4 members (excludes halogenated alkanes) is 1. The largest absolute Gasteiger partial charge is 0.458 e. The molecule has 0 radical (unpaired) electrons. The summed E-state index contributed by atoms with van der Waals surface area (Å²) in [5.74, 6) is -1.16. The van der Waals surface area contributed by atoms with Gasteiger partial charge in [-0.25, -0.2) is 0 Å². The molecule has 7 heteroatoms. The average Bonchev–Trinajstić information content (AvgIpc) is 3.02. The van der Waals surface area contributed by atoms with E-state index in [0.29, 0.717) is 13.0 Å². The molecule has 0 aromatic carbocycles. The van der Waals surface area contributed by atoms with Crippen LogP contribution in [0.2, 0.25) is 0 Å². The number of aliphatic hydroxyl groups is 1. The number of fused-ring (bicyclic) bond motifs is 1. The number of hydrogen-bond donors (Lipinski definition) is 1. The second kappa shape index (κ2) is 7.69. The van der Waals surface area contributed by atoms with Crippen LogP contribution >= 0.6 is 0 Å². The minimum atomic E-state index is -1.27. The lowest BCUT2D eigenvalue weighted by molar-refractivity contribution is -0.284. The highest BCUT2D eigenvalue weighted by molar-refractivity contribution is 5.75. The van der Waals surface area contributed by atoms with Gasteiger partial charge in [-0.1, -0.05) is 25.5 Å². The summed E-state index contributed by atoms with van der Waals surface area (Å²) in [6.07, 6.45) is 2.21. The van der Waals surface area contributed by atoms with Crippen molar-refractivity contribution in [2.24, 2.45) is 5.41 Å². The first kappa shape index (κ1) is 21.7. The van der Waals surface area contributed by atoms with E-state index in [-0.39, 0.29) is 5.97 Å². The molecule has 2 heterocycles. The van der Waals surface area contributed by atoms with Crippen molar-refractivity contribution < 1.29 is 33.6 Å². The molecule has 1 N–H and O–H groups in total. The van der Waals surface area contributed by atoms with Crippen molar-refractivity contribution in [1.82, 2.24) is 0 Å². The Bertz CT molecular complexity index is 608. The van der Waals surface area contributed by atoms with Crippen LogP contribution in [-0.4, -0.2) is 59.8 Å². The van der Waals surface area contributed by atoms with E-state index in [1.54, 1.807) is 26.8 Å². The average molecular weight is 398 g/mol. The zero-order valence-electron chi connectivity index (χ0n) is 17.8. The molecule has 2 aliphatic heterocycles. The first-order chi connectivity index (χ1) is 13.0. The number of aliphatic hydroxyl groups excluding tert-OH is 1. The topological polar surface area (TPSA) is 83.5 Å². The third-order valence-corrected chi connectivity index (χ3v) is 5.44. The monoisotopic (exact) mass is 398 g/mol. The number of carbonyl (C=O) groups is 1. The predicted octanol–water partition coefficient (Wildman–Crippen LogP) is 2.70. The highest BCUT2D eigenvalue weighted by Gasteiger charge is 2.69. The minimum absolute atomic E-state index is 0.352. The first-order valence-electron chi connectivity index (χ1n) is 10.2. The van der Waals surface area contributed by atoms with E-state index in [9.17, 15) is 9.90 Å². The van der Waals surface area contributed by atoms with Gasteiger partial charge >= 0.3 is 5.97 Å². The Morgan fingerprint density at radius 2 is 1.96 bits per heavy atom. The van der Waals surface area contributed by atoms with Crippen molar-refractivity contribution in [2.75, 3.05) is 6.61 Å². The van der Waals surface area contributed by atoms with Crippen molar-refractivity contribution in [2.45, 2.75) is 103 Å². The van der Waals surface area contributed by atoms with E-state index in [0.717, 1.165) is 12.8 Å². The highest BCUT2D eigenvalue weighted by Crippen LogP contribution is 2.49. The fourth-order valence-electron chi connectivity index (χ4n) is 3.96. The van der Waals surface area contributed by atoms with E-state index >= 15 is 0 Å². The van der Waals surface area contributed by atoms with Gasteiger partial charge in [-0.2, -0.15) is 0 Å². The number of rotatable bonds is 5. The molecular weight excluding hydrogens is 364 g/mol. The van der Waals surface area contributed by atoms with Gasteiger partial charge < -0.3 is 28.8 Å². The molecule has 3 aliphatic rings. The summed E-state index contributed by atoms with van der Waals surface area (Å²) in [6, 6.07) is 0. The van der Waals surface area contributed by atoms with Crippen LogP contribution in [0.3, 0.4) is 0 Å². The maximum atomic E-state index is 12.6. The molecule has 0 saturated carbocycles. The number of ether oxygens (including phenoxy) is 5. The minimum Gasteiger partial charge on any atom is -0.458 e. The maximum Gasteiger partial charge on any atom is 0.311 e. The molecule has 1 aliphatic carbocycles. The third kappa shape index (κ3) is 3.87. The van der Waals surface area contributed by atoms with E-state index < -0.39 is 47.5 Å². The van der Waals surface area contributed by atoms with Gasteiger partial charge in [0.1, 0.15) is 24.4 Å². The van der Waals surface area contributed by atoms with Gasteiger partial charge in [-0.05, 0) is 41.0 Å². The zero-order chi connectivity index (χ0) is 20.7. The quantitative estimate of drug-likeness (QED) is 0.433. The molecule has 7 nitrogen and oxygen atoms in total. The van der Waals surface area contributed by atoms with Crippen LogP contribution in [0, 0.1) is 5.41 Å². The van der Waals surface area contributed by atoms with Crippen LogP contribution in [0.25, 0.3) is 0 Å². The maximum absolute atomic E-state index is 12.6. The highest BCUT2D eigenvalue weighted by atomic mass is 16.8. The molecule has 0 amide bonds. The van der Waals surface area contributed by atoms with E-state index in [1.165, 1.54) is 0 Å². The number of hydrogen-bond acceptors (Lipinski definition) is 7. The van der Waals surface area contributed by atoms with Gasteiger partial charge in [0.05, 0.1) is 5.41 Å². The smallest absolute Gasteiger partial charge is 0.311 e. The summed E-state index contributed by atoms with van der Waals surface area (Å²) in [6.45, 7) is 11.6. The second-order valence-corrected chi connectivity index (χ2v) is 9.34. The van der Waals surface area contributed by atoms with Gasteiger partial charge in [0.25, 0.3) is 0 Å². The lowest BCUT2D eigenvalue weighted by Gasteiger charge is -2.45. The molecule has 0 aromatic rings. The first-order valence-corrected chi connectivity index (χ1v) is 10.2. The Kier molecular flexibility index (Phi) is 5.96. The van der Waals surface area contributed by atoms with Crippen molar-refractivity contribution in [3.63, 3.8) is 0 Å². The molecule has 6 atom stereocenters. The summed E-state index contributed by atoms with van der Waals surface area (Å²) in [5.41, 5.74) is -1.94. The van der Waals surface area contributed by atoms with Gasteiger partial charge in [0.15, 0.2) is 17.7 Å². The van der Waals surface area contributed by atoms with E-state index in [2.05, 4.69) is 6.92 Å². The Morgan fingerprint density at radius 3 is 2.61 bits per heavy atom. The van der Waals surface area contributed by atoms with Crippen LogP contribution in [0.15, 0.2) is 12.2 Å². The molecule has 2 fully saturated rings. The van der Waals surface area contributed by atoms with Crippen LogP contribution in [0.1, 0.15) is 60.8 Å². The summed E-state index contributed by atoms with van der Waals surface area (Å²) in [5, 5.41) is 11.0. The predicted molar refractivity (Wildman–Crippen MR) is 101 cm³/mol. The standard InChI is InChI=1S/C21H34O7/c1-7-8-12-24-16-15-17(27-20(5,6)26-15)28-21(16)13(22)10-9-11-14(21)25-18(23)19(2,3)4/h9-10,13-17,22H,7-8,11-12H2,1-6H3/t13-,14+,15?,16-,17?,21?/m1/s1. The summed E-state index contributed by atoms with van der Waals surface area (Å²) in [4.78, 5) is 12.6. The van der Waals surface area contributed by atoms with Crippen molar-refractivity contribution in [1.29, 1.82) is 0 Å². The summed E-state index contributed by atoms with van der Waals surface area (Å²) >= 11 is 0. The Hall–Kier alpha value is -0.990. The fourth-order valence-corrected chi connectivity index (χ4v) is 3.96.